The number of halogens is 1. The molecular weight excluding hydrogens is 388 g/mol. The van der Waals surface area contributed by atoms with Crippen molar-refractivity contribution in [2.45, 2.75) is 26.3 Å². The van der Waals surface area contributed by atoms with Gasteiger partial charge in [-0.1, -0.05) is 11.6 Å². The fraction of sp³-hybridized carbons (Fsp3) is 0.647. The van der Waals surface area contributed by atoms with Gasteiger partial charge in [-0.2, -0.15) is 5.10 Å². The van der Waals surface area contributed by atoms with Crippen LogP contribution in [0.3, 0.4) is 0 Å². The Morgan fingerprint density at radius 1 is 1.44 bits per heavy atom. The Hall–Kier alpha value is -1.42. The van der Waals surface area contributed by atoms with Gasteiger partial charge in [-0.3, -0.25) is 0 Å². The Bertz CT molecular complexity index is 877. The molecule has 0 bridgehead atoms. The lowest BCUT2D eigenvalue weighted by atomic mass is 9.98. The van der Waals surface area contributed by atoms with Crippen LogP contribution in [0.1, 0.15) is 19.8 Å². The SMILES string of the molecule is CCn1nc(Cl)c2c(NCC3CCN([S@@](=N)(=O)CCOC)CC3)ccnc21. The predicted octanol–water partition coefficient (Wildman–Crippen LogP) is 2.84. The first-order valence-corrected chi connectivity index (χ1v) is 11.3. The molecule has 0 aromatic carbocycles. The molecule has 2 aromatic heterocycles. The number of ether oxygens (including phenoxy) is 1. The van der Waals surface area contributed by atoms with Gasteiger partial charge in [0.25, 0.3) is 0 Å². The largest absolute Gasteiger partial charge is 0.384 e. The molecule has 0 radical (unpaired) electrons. The molecule has 1 fully saturated rings. The van der Waals surface area contributed by atoms with Crippen molar-refractivity contribution in [2.75, 3.05) is 44.4 Å². The molecule has 3 rings (SSSR count). The minimum absolute atomic E-state index is 0.265. The van der Waals surface area contributed by atoms with E-state index in [0.717, 1.165) is 36.1 Å². The molecule has 0 saturated carbocycles. The van der Waals surface area contributed by atoms with Crippen LogP contribution in [0.25, 0.3) is 11.0 Å². The summed E-state index contributed by atoms with van der Waals surface area (Å²) in [5.41, 5.74) is 1.73. The third-order valence-electron chi connectivity index (χ3n) is 5.03. The first-order valence-electron chi connectivity index (χ1n) is 9.21. The summed E-state index contributed by atoms with van der Waals surface area (Å²) in [6, 6.07) is 1.92. The highest BCUT2D eigenvalue weighted by Crippen LogP contribution is 2.29. The maximum Gasteiger partial charge on any atom is 0.162 e. The molecule has 150 valence electrons. The number of methoxy groups -OCH3 is 1. The van der Waals surface area contributed by atoms with E-state index in [0.29, 0.717) is 37.3 Å². The Morgan fingerprint density at radius 2 is 2.19 bits per heavy atom. The van der Waals surface area contributed by atoms with E-state index in [1.54, 1.807) is 22.3 Å². The highest BCUT2D eigenvalue weighted by molar-refractivity contribution is 7.90. The van der Waals surface area contributed by atoms with Crippen LogP contribution in [0.2, 0.25) is 5.15 Å². The lowest BCUT2D eigenvalue weighted by Crippen LogP contribution is -2.41. The van der Waals surface area contributed by atoms with Gasteiger partial charge in [-0.25, -0.2) is 23.0 Å². The normalized spacial score (nSPS) is 18.6. The molecule has 2 aromatic rings. The molecule has 0 amide bonds. The van der Waals surface area contributed by atoms with Crippen molar-refractivity contribution in [2.24, 2.45) is 5.92 Å². The van der Waals surface area contributed by atoms with Gasteiger partial charge < -0.3 is 10.1 Å². The van der Waals surface area contributed by atoms with E-state index in [1.165, 1.54) is 0 Å². The van der Waals surface area contributed by atoms with Gasteiger partial charge in [-0.15, -0.1) is 0 Å². The number of hydrogen-bond donors (Lipinski definition) is 2. The zero-order valence-electron chi connectivity index (χ0n) is 15.8. The lowest BCUT2D eigenvalue weighted by Gasteiger charge is -2.33. The molecule has 1 atom stereocenters. The molecule has 1 aliphatic heterocycles. The topological polar surface area (TPSA) is 96.1 Å². The van der Waals surface area contributed by atoms with E-state index in [1.807, 2.05) is 13.0 Å². The Morgan fingerprint density at radius 3 is 2.85 bits per heavy atom. The van der Waals surface area contributed by atoms with Crippen molar-refractivity contribution in [3.05, 3.63) is 17.4 Å². The van der Waals surface area contributed by atoms with Crippen molar-refractivity contribution in [3.63, 3.8) is 0 Å². The fourth-order valence-electron chi connectivity index (χ4n) is 3.41. The van der Waals surface area contributed by atoms with Gasteiger partial charge in [0.1, 0.15) is 9.92 Å². The summed E-state index contributed by atoms with van der Waals surface area (Å²) in [4.78, 5) is 4.40. The number of aryl methyl sites for hydroxylation is 1. The van der Waals surface area contributed by atoms with Crippen molar-refractivity contribution < 1.29 is 8.95 Å². The number of fused-ring (bicyclic) bond motifs is 1. The number of nitrogens with one attached hydrogen (secondary N) is 2. The fourth-order valence-corrected chi connectivity index (χ4v) is 5.14. The second-order valence-electron chi connectivity index (χ2n) is 6.75. The van der Waals surface area contributed by atoms with Crippen LogP contribution in [0, 0.1) is 10.7 Å². The van der Waals surface area contributed by atoms with Crippen LogP contribution in [0.15, 0.2) is 12.3 Å². The van der Waals surface area contributed by atoms with E-state index < -0.39 is 9.92 Å². The summed E-state index contributed by atoms with van der Waals surface area (Å²) < 4.78 is 29.1. The second kappa shape index (κ2) is 8.72. The molecule has 3 heterocycles. The van der Waals surface area contributed by atoms with E-state index in [9.17, 15) is 4.21 Å². The van der Waals surface area contributed by atoms with Crippen molar-refractivity contribution >= 4 is 38.2 Å². The first kappa shape index (κ1) is 20.3. The number of rotatable bonds is 8. The molecule has 0 aliphatic carbocycles. The summed E-state index contributed by atoms with van der Waals surface area (Å²) in [5.74, 6) is 0.725. The van der Waals surface area contributed by atoms with Crippen LogP contribution in [0.5, 0.6) is 0 Å². The molecule has 8 nitrogen and oxygen atoms in total. The van der Waals surface area contributed by atoms with E-state index in [-0.39, 0.29) is 5.75 Å². The molecular formula is C17H27ClN6O2S. The number of hydrogen-bond acceptors (Lipinski definition) is 6. The summed E-state index contributed by atoms with van der Waals surface area (Å²) >= 11 is 6.31. The van der Waals surface area contributed by atoms with Gasteiger partial charge in [0.05, 0.1) is 17.7 Å². The molecule has 27 heavy (non-hydrogen) atoms. The maximum absolute atomic E-state index is 12.5. The Labute approximate surface area is 165 Å². The number of nitrogens with zero attached hydrogens (tertiary/aromatic N) is 4. The standard InChI is InChI=1S/C17H27ClN6O2S/c1-3-24-17-15(16(18)22-24)14(4-7-20-17)21-12-13-5-8-23(9-6-13)27(19,25)11-10-26-2/h4,7,13,19H,3,5-6,8-12H2,1-2H3,(H,20,21)/t27-/m1/s1. The lowest BCUT2D eigenvalue weighted by molar-refractivity contribution is 0.215. The highest BCUT2D eigenvalue weighted by atomic mass is 35.5. The van der Waals surface area contributed by atoms with Crippen LogP contribution < -0.4 is 5.32 Å². The summed E-state index contributed by atoms with van der Waals surface area (Å²) in [5, 5.41) is 9.14. The minimum atomic E-state index is -2.72. The van der Waals surface area contributed by atoms with Gasteiger partial charge in [-0.05, 0) is 31.7 Å². The smallest absolute Gasteiger partial charge is 0.162 e. The van der Waals surface area contributed by atoms with Crippen LogP contribution in [-0.4, -0.2) is 62.4 Å². The first-order chi connectivity index (χ1) is 13.0. The molecule has 1 saturated heterocycles. The van der Waals surface area contributed by atoms with E-state index >= 15 is 0 Å². The highest BCUT2D eigenvalue weighted by Gasteiger charge is 2.25. The maximum atomic E-state index is 12.5. The second-order valence-corrected chi connectivity index (χ2v) is 9.32. The van der Waals surface area contributed by atoms with Gasteiger partial charge in [0, 0.05) is 45.2 Å². The molecule has 0 spiro atoms. The monoisotopic (exact) mass is 414 g/mol. The average Bonchev–Trinajstić information content (AvgIpc) is 3.01. The summed E-state index contributed by atoms with van der Waals surface area (Å²) in [6.07, 6.45) is 3.58. The van der Waals surface area contributed by atoms with Gasteiger partial charge in [0.2, 0.25) is 0 Å². The van der Waals surface area contributed by atoms with Gasteiger partial charge in [0.15, 0.2) is 10.8 Å². The average molecular weight is 415 g/mol. The Balaban J connectivity index is 1.60. The zero-order valence-corrected chi connectivity index (χ0v) is 17.4. The molecule has 1 aliphatic rings. The van der Waals surface area contributed by atoms with E-state index in [2.05, 4.69) is 15.4 Å². The predicted molar refractivity (Wildman–Crippen MR) is 109 cm³/mol. The quantitative estimate of drug-likeness (QED) is 0.692. The van der Waals surface area contributed by atoms with Crippen molar-refractivity contribution in [1.82, 2.24) is 19.1 Å². The summed E-state index contributed by atoms with van der Waals surface area (Å²) in [7, 11) is -1.15. The zero-order chi connectivity index (χ0) is 19.4. The van der Waals surface area contributed by atoms with Crippen LogP contribution in [-0.2, 0) is 21.2 Å². The number of piperidine rings is 1. The van der Waals surface area contributed by atoms with Crippen molar-refractivity contribution in [1.29, 1.82) is 4.78 Å². The van der Waals surface area contributed by atoms with Crippen LogP contribution in [0.4, 0.5) is 5.69 Å². The van der Waals surface area contributed by atoms with E-state index in [4.69, 9.17) is 21.1 Å². The number of aromatic nitrogens is 3. The molecule has 2 N–H and O–H groups in total. The van der Waals surface area contributed by atoms with Crippen LogP contribution >= 0.6 is 11.6 Å². The Kier molecular flexibility index (Phi) is 6.56. The molecule has 10 heteroatoms. The third-order valence-corrected chi connectivity index (χ3v) is 7.21. The van der Waals surface area contributed by atoms with Crippen molar-refractivity contribution in [3.8, 4) is 0 Å². The number of pyridine rings is 1. The summed E-state index contributed by atoms with van der Waals surface area (Å²) in [6.45, 7) is 5.24. The van der Waals surface area contributed by atoms with Gasteiger partial charge >= 0.3 is 0 Å². The number of anilines is 1. The third kappa shape index (κ3) is 4.53. The minimum Gasteiger partial charge on any atom is -0.384 e. The molecule has 0 unspecified atom stereocenters.